The van der Waals surface area contributed by atoms with Gasteiger partial charge >= 0.3 is 0 Å². The number of hydrogen-bond acceptors (Lipinski definition) is 4. The molecule has 108 valence electrons. The normalized spacial score (nSPS) is 11.3. The molecule has 2 rings (SSSR count). The number of aryl methyl sites for hydroxylation is 2. The van der Waals surface area contributed by atoms with Gasteiger partial charge in [-0.1, -0.05) is 11.6 Å². The molecule has 0 N–H and O–H groups in total. The number of aromatic nitrogens is 2. The monoisotopic (exact) mass is 311 g/mol. The lowest BCUT2D eigenvalue weighted by Crippen LogP contribution is -2.21. The van der Waals surface area contributed by atoms with Crippen LogP contribution in [0.1, 0.15) is 25.8 Å². The van der Waals surface area contributed by atoms with Crippen molar-refractivity contribution in [2.45, 2.75) is 20.4 Å². The molecule has 2 aromatic heterocycles. The van der Waals surface area contributed by atoms with Crippen LogP contribution < -0.4 is 0 Å². The number of likely N-dealkylation sites (N-methyl/N-ethyl adjacent to an activating group) is 1. The second-order valence-corrected chi connectivity index (χ2v) is 6.71. The topological polar surface area (TPSA) is 38.1 Å². The van der Waals surface area contributed by atoms with E-state index in [-0.39, 0.29) is 5.78 Å². The summed E-state index contributed by atoms with van der Waals surface area (Å²) in [5, 5.41) is 4.62. The average Bonchev–Trinajstić information content (AvgIpc) is 2.90. The summed E-state index contributed by atoms with van der Waals surface area (Å²) in [6.07, 6.45) is 1.54. The SMILES string of the molecule is Cc1cc(C(=O)c2c(Cl)cnn2CCN(C)C)sc1C. The van der Waals surface area contributed by atoms with E-state index in [0.717, 1.165) is 17.0 Å². The standard InChI is InChI=1S/C14H18ClN3OS/c1-9-7-12(20-10(9)2)14(19)13-11(15)8-16-18(13)6-5-17(3)4/h7-8H,5-6H2,1-4H3. The van der Waals surface area contributed by atoms with Crippen LogP contribution in [-0.4, -0.2) is 41.1 Å². The second-order valence-electron chi connectivity index (χ2n) is 5.05. The van der Waals surface area contributed by atoms with Crippen LogP contribution in [0.3, 0.4) is 0 Å². The van der Waals surface area contributed by atoms with E-state index in [2.05, 4.69) is 5.10 Å². The van der Waals surface area contributed by atoms with Gasteiger partial charge in [0.2, 0.25) is 5.78 Å². The summed E-state index contributed by atoms with van der Waals surface area (Å²) >= 11 is 7.64. The molecule has 0 aromatic carbocycles. The Balaban J connectivity index is 2.31. The molecular weight excluding hydrogens is 294 g/mol. The van der Waals surface area contributed by atoms with E-state index in [9.17, 15) is 4.79 Å². The zero-order valence-corrected chi connectivity index (χ0v) is 13.7. The number of ketones is 1. The smallest absolute Gasteiger partial charge is 0.222 e. The van der Waals surface area contributed by atoms with Gasteiger partial charge in [-0.05, 0) is 39.6 Å². The van der Waals surface area contributed by atoms with Crippen LogP contribution in [0, 0.1) is 13.8 Å². The third kappa shape index (κ3) is 3.11. The quantitative estimate of drug-likeness (QED) is 0.797. The number of halogens is 1. The lowest BCUT2D eigenvalue weighted by molar-refractivity contribution is 0.103. The van der Waals surface area contributed by atoms with Crippen LogP contribution in [0.4, 0.5) is 0 Å². The zero-order chi connectivity index (χ0) is 14.9. The minimum atomic E-state index is -0.0487. The summed E-state index contributed by atoms with van der Waals surface area (Å²) in [6.45, 7) is 5.47. The minimum Gasteiger partial charge on any atom is -0.308 e. The van der Waals surface area contributed by atoms with E-state index >= 15 is 0 Å². The number of nitrogens with zero attached hydrogens (tertiary/aromatic N) is 3. The fraction of sp³-hybridized carbons (Fsp3) is 0.429. The number of hydrogen-bond donors (Lipinski definition) is 0. The molecule has 0 saturated carbocycles. The number of carbonyl (C=O) groups excluding carboxylic acids is 1. The maximum Gasteiger partial charge on any atom is 0.222 e. The lowest BCUT2D eigenvalue weighted by Gasteiger charge is -2.11. The molecular formula is C14H18ClN3OS. The van der Waals surface area contributed by atoms with Crippen molar-refractivity contribution in [3.8, 4) is 0 Å². The van der Waals surface area contributed by atoms with E-state index < -0.39 is 0 Å². The van der Waals surface area contributed by atoms with Crippen LogP contribution in [-0.2, 0) is 6.54 Å². The van der Waals surface area contributed by atoms with E-state index in [4.69, 9.17) is 11.6 Å². The highest BCUT2D eigenvalue weighted by Gasteiger charge is 2.21. The largest absolute Gasteiger partial charge is 0.308 e. The highest BCUT2D eigenvalue weighted by Crippen LogP contribution is 2.26. The zero-order valence-electron chi connectivity index (χ0n) is 12.1. The molecule has 0 fully saturated rings. The van der Waals surface area contributed by atoms with Gasteiger partial charge in [-0.15, -0.1) is 11.3 Å². The molecule has 0 atom stereocenters. The fourth-order valence-electron chi connectivity index (χ4n) is 1.85. The second kappa shape index (κ2) is 6.08. The van der Waals surface area contributed by atoms with E-state index in [0.29, 0.717) is 22.1 Å². The van der Waals surface area contributed by atoms with Gasteiger partial charge in [0.15, 0.2) is 0 Å². The summed E-state index contributed by atoms with van der Waals surface area (Å²) in [6, 6.07) is 1.92. The summed E-state index contributed by atoms with van der Waals surface area (Å²) in [5.41, 5.74) is 1.61. The summed E-state index contributed by atoms with van der Waals surface area (Å²) in [4.78, 5) is 16.5. The third-order valence-electron chi connectivity index (χ3n) is 3.16. The van der Waals surface area contributed by atoms with Crippen LogP contribution in [0.2, 0.25) is 5.02 Å². The van der Waals surface area contributed by atoms with Gasteiger partial charge in [0, 0.05) is 11.4 Å². The number of rotatable bonds is 5. The van der Waals surface area contributed by atoms with Crippen molar-refractivity contribution < 1.29 is 4.79 Å². The Morgan fingerprint density at radius 2 is 2.15 bits per heavy atom. The van der Waals surface area contributed by atoms with Gasteiger partial charge < -0.3 is 4.90 Å². The van der Waals surface area contributed by atoms with E-state index in [1.807, 2.05) is 38.9 Å². The predicted molar refractivity (Wildman–Crippen MR) is 83.0 cm³/mol. The van der Waals surface area contributed by atoms with Gasteiger partial charge in [-0.3, -0.25) is 9.48 Å². The highest BCUT2D eigenvalue weighted by atomic mass is 35.5. The molecule has 20 heavy (non-hydrogen) atoms. The molecule has 0 saturated heterocycles. The summed E-state index contributed by atoms with van der Waals surface area (Å²) in [7, 11) is 3.97. The molecule has 0 aliphatic carbocycles. The molecule has 0 bridgehead atoms. The van der Waals surface area contributed by atoms with Gasteiger partial charge in [-0.2, -0.15) is 5.10 Å². The Kier molecular flexibility index (Phi) is 4.62. The Morgan fingerprint density at radius 1 is 1.45 bits per heavy atom. The molecule has 2 aromatic rings. The molecule has 0 aliphatic rings. The first-order valence-electron chi connectivity index (χ1n) is 6.38. The first kappa shape index (κ1) is 15.2. The maximum atomic E-state index is 12.6. The van der Waals surface area contributed by atoms with Crippen molar-refractivity contribution in [1.29, 1.82) is 0 Å². The number of thiophene rings is 1. The van der Waals surface area contributed by atoms with Crippen LogP contribution in [0.5, 0.6) is 0 Å². The van der Waals surface area contributed by atoms with Crippen molar-refractivity contribution >= 4 is 28.7 Å². The molecule has 0 aliphatic heterocycles. The Morgan fingerprint density at radius 3 is 2.70 bits per heavy atom. The summed E-state index contributed by atoms with van der Waals surface area (Å²) < 4.78 is 1.69. The molecule has 0 spiro atoms. The van der Waals surface area contributed by atoms with Crippen LogP contribution >= 0.6 is 22.9 Å². The van der Waals surface area contributed by atoms with E-state index in [1.165, 1.54) is 17.5 Å². The predicted octanol–water partition coefficient (Wildman–Crippen LogP) is 3.01. The van der Waals surface area contributed by atoms with Crippen molar-refractivity contribution in [3.05, 3.63) is 38.3 Å². The van der Waals surface area contributed by atoms with Crippen LogP contribution in [0.25, 0.3) is 0 Å². The van der Waals surface area contributed by atoms with E-state index in [1.54, 1.807) is 4.68 Å². The minimum absolute atomic E-state index is 0.0487. The molecule has 4 nitrogen and oxygen atoms in total. The molecule has 0 radical (unpaired) electrons. The molecule has 6 heteroatoms. The average molecular weight is 312 g/mol. The van der Waals surface area contributed by atoms with Gasteiger partial charge in [-0.25, -0.2) is 0 Å². The first-order chi connectivity index (χ1) is 9.40. The molecule has 2 heterocycles. The fourth-order valence-corrected chi connectivity index (χ4v) is 3.06. The number of carbonyl (C=O) groups is 1. The third-order valence-corrected chi connectivity index (χ3v) is 4.59. The van der Waals surface area contributed by atoms with Gasteiger partial charge in [0.25, 0.3) is 0 Å². The maximum absolute atomic E-state index is 12.6. The molecule has 0 amide bonds. The van der Waals surface area contributed by atoms with Gasteiger partial charge in [0.05, 0.1) is 22.6 Å². The Labute approximate surface area is 128 Å². The highest BCUT2D eigenvalue weighted by molar-refractivity contribution is 7.14. The van der Waals surface area contributed by atoms with Crippen molar-refractivity contribution in [2.75, 3.05) is 20.6 Å². The van der Waals surface area contributed by atoms with Crippen molar-refractivity contribution in [3.63, 3.8) is 0 Å². The van der Waals surface area contributed by atoms with Gasteiger partial charge in [0.1, 0.15) is 5.69 Å². The Hall–Kier alpha value is -1.17. The Bertz CT molecular complexity index is 611. The van der Waals surface area contributed by atoms with Crippen LogP contribution in [0.15, 0.2) is 12.3 Å². The van der Waals surface area contributed by atoms with Crippen molar-refractivity contribution in [2.24, 2.45) is 0 Å². The van der Waals surface area contributed by atoms with Crippen molar-refractivity contribution in [1.82, 2.24) is 14.7 Å². The lowest BCUT2D eigenvalue weighted by atomic mass is 10.2. The first-order valence-corrected chi connectivity index (χ1v) is 7.57. The summed E-state index contributed by atoms with van der Waals surface area (Å²) in [5.74, 6) is -0.0487. The molecule has 0 unspecified atom stereocenters.